The van der Waals surface area contributed by atoms with E-state index in [1.165, 1.54) is 18.2 Å². The predicted octanol–water partition coefficient (Wildman–Crippen LogP) is 2.37. The van der Waals surface area contributed by atoms with E-state index in [0.29, 0.717) is 19.0 Å². The Morgan fingerprint density at radius 1 is 1.20 bits per heavy atom. The van der Waals surface area contributed by atoms with Gasteiger partial charge in [0.15, 0.2) is 6.61 Å². The van der Waals surface area contributed by atoms with Gasteiger partial charge in [0, 0.05) is 19.2 Å². The molecule has 3 aromatic rings. The quantitative estimate of drug-likeness (QED) is 0.538. The molecule has 0 saturated heterocycles. The van der Waals surface area contributed by atoms with E-state index in [2.05, 4.69) is 4.98 Å². The number of nitro benzene ring substituents is 1. The largest absolute Gasteiger partial charge is 0.483 e. The van der Waals surface area contributed by atoms with Crippen molar-refractivity contribution in [2.45, 2.75) is 6.54 Å². The van der Waals surface area contributed by atoms with E-state index in [9.17, 15) is 14.9 Å². The molecular weight excluding hydrogens is 324 g/mol. The first-order chi connectivity index (χ1) is 12.1. The zero-order chi connectivity index (χ0) is 17.4. The highest BCUT2D eigenvalue weighted by atomic mass is 16.6. The summed E-state index contributed by atoms with van der Waals surface area (Å²) in [7, 11) is 0. The molecule has 126 valence electrons. The van der Waals surface area contributed by atoms with E-state index in [1.807, 2.05) is 28.8 Å². The third-order valence-electron chi connectivity index (χ3n) is 4.11. The van der Waals surface area contributed by atoms with E-state index in [1.54, 1.807) is 11.0 Å². The Morgan fingerprint density at radius 3 is 2.88 bits per heavy atom. The number of carbonyl (C=O) groups excluding carboxylic acids is 1. The minimum atomic E-state index is -0.502. The fraction of sp³-hybridized carbons (Fsp3) is 0.176. The minimum Gasteiger partial charge on any atom is -0.483 e. The van der Waals surface area contributed by atoms with Crippen molar-refractivity contribution in [2.75, 3.05) is 18.1 Å². The molecule has 0 unspecified atom stereocenters. The number of non-ortho nitro benzene ring substituents is 1. The maximum absolute atomic E-state index is 12.5. The molecule has 0 saturated carbocycles. The molecule has 1 aliphatic rings. The molecule has 0 atom stereocenters. The highest BCUT2D eigenvalue weighted by Crippen LogP contribution is 2.27. The van der Waals surface area contributed by atoms with Gasteiger partial charge in [0.1, 0.15) is 5.75 Å². The van der Waals surface area contributed by atoms with Gasteiger partial charge < -0.3 is 9.30 Å². The van der Waals surface area contributed by atoms with Crippen LogP contribution >= 0.6 is 0 Å². The fourth-order valence-electron chi connectivity index (χ4n) is 2.94. The highest BCUT2D eigenvalue weighted by molar-refractivity contribution is 5.95. The second-order valence-electron chi connectivity index (χ2n) is 5.64. The number of rotatable bonds is 4. The first-order valence-electron chi connectivity index (χ1n) is 7.76. The number of benzene rings is 2. The summed E-state index contributed by atoms with van der Waals surface area (Å²) in [6.07, 6.45) is 0. The summed E-state index contributed by atoms with van der Waals surface area (Å²) < 4.78 is 7.43. The van der Waals surface area contributed by atoms with Crippen LogP contribution in [0.2, 0.25) is 0 Å². The molecule has 4 rings (SSSR count). The number of para-hydroxylation sites is 2. The third kappa shape index (κ3) is 2.67. The van der Waals surface area contributed by atoms with Crippen LogP contribution < -0.4 is 9.64 Å². The van der Waals surface area contributed by atoms with Crippen LogP contribution in [0.4, 0.5) is 11.6 Å². The lowest BCUT2D eigenvalue weighted by molar-refractivity contribution is -0.384. The SMILES string of the molecule is O=C(COc1cccc([N+](=O)[O-])c1)N1CCn2c1nc1ccccc12. The minimum absolute atomic E-state index is 0.0760. The molecule has 0 spiro atoms. The number of ether oxygens (including phenoxy) is 1. The van der Waals surface area contributed by atoms with Gasteiger partial charge >= 0.3 is 0 Å². The third-order valence-corrected chi connectivity index (χ3v) is 4.11. The summed E-state index contributed by atoms with van der Waals surface area (Å²) in [5.41, 5.74) is 1.76. The second-order valence-corrected chi connectivity index (χ2v) is 5.64. The van der Waals surface area contributed by atoms with Crippen molar-refractivity contribution in [2.24, 2.45) is 0 Å². The van der Waals surface area contributed by atoms with Crippen molar-refractivity contribution < 1.29 is 14.5 Å². The van der Waals surface area contributed by atoms with Gasteiger partial charge in [-0.2, -0.15) is 0 Å². The van der Waals surface area contributed by atoms with Crippen LogP contribution in [-0.4, -0.2) is 33.5 Å². The van der Waals surface area contributed by atoms with E-state index in [4.69, 9.17) is 4.74 Å². The summed E-state index contributed by atoms with van der Waals surface area (Å²) in [6, 6.07) is 13.5. The lowest BCUT2D eigenvalue weighted by Crippen LogP contribution is -2.33. The Kier molecular flexibility index (Phi) is 3.57. The Labute approximate surface area is 142 Å². The number of anilines is 1. The van der Waals surface area contributed by atoms with E-state index >= 15 is 0 Å². The molecule has 8 nitrogen and oxygen atoms in total. The van der Waals surface area contributed by atoms with Gasteiger partial charge in [0.2, 0.25) is 5.95 Å². The van der Waals surface area contributed by atoms with Crippen LogP contribution in [-0.2, 0) is 11.3 Å². The van der Waals surface area contributed by atoms with Crippen LogP contribution in [0.1, 0.15) is 0 Å². The summed E-state index contributed by atoms with van der Waals surface area (Å²) in [5.74, 6) is 0.657. The molecule has 0 aliphatic carbocycles. The molecule has 1 amide bonds. The Hall–Kier alpha value is -3.42. The Balaban J connectivity index is 1.50. The molecule has 1 aromatic heterocycles. The summed E-state index contributed by atoms with van der Waals surface area (Å²) in [4.78, 5) is 28.9. The lowest BCUT2D eigenvalue weighted by Gasteiger charge is -2.14. The highest BCUT2D eigenvalue weighted by Gasteiger charge is 2.28. The van der Waals surface area contributed by atoms with Gasteiger partial charge in [0.25, 0.3) is 11.6 Å². The fourth-order valence-corrected chi connectivity index (χ4v) is 2.94. The monoisotopic (exact) mass is 338 g/mol. The first kappa shape index (κ1) is 15.1. The molecule has 0 N–H and O–H groups in total. The van der Waals surface area contributed by atoms with Crippen LogP contribution in [0, 0.1) is 10.1 Å². The maximum Gasteiger partial charge on any atom is 0.273 e. The molecule has 0 fully saturated rings. The first-order valence-corrected chi connectivity index (χ1v) is 7.76. The van der Waals surface area contributed by atoms with Crippen molar-refractivity contribution in [3.63, 3.8) is 0 Å². The van der Waals surface area contributed by atoms with Crippen molar-refractivity contribution in [3.05, 3.63) is 58.6 Å². The number of fused-ring (bicyclic) bond motifs is 3. The Bertz CT molecular complexity index is 982. The number of aromatic nitrogens is 2. The molecule has 0 radical (unpaired) electrons. The Morgan fingerprint density at radius 2 is 2.04 bits per heavy atom. The topological polar surface area (TPSA) is 90.5 Å². The standard InChI is InChI=1S/C17H14N4O4/c22-16(11-25-13-5-3-4-12(10-13)21(23)24)20-9-8-19-15-7-2-1-6-14(15)18-17(19)20/h1-7,10H,8-9,11H2. The predicted molar refractivity (Wildman–Crippen MR) is 90.7 cm³/mol. The van der Waals surface area contributed by atoms with Crippen LogP contribution in [0.5, 0.6) is 5.75 Å². The van der Waals surface area contributed by atoms with E-state index < -0.39 is 4.92 Å². The molecule has 8 heteroatoms. The molecule has 2 aromatic carbocycles. The van der Waals surface area contributed by atoms with Gasteiger partial charge in [-0.1, -0.05) is 18.2 Å². The molecule has 25 heavy (non-hydrogen) atoms. The average molecular weight is 338 g/mol. The van der Waals surface area contributed by atoms with Gasteiger partial charge in [-0.25, -0.2) is 4.98 Å². The number of hydrogen-bond donors (Lipinski definition) is 0. The summed E-state index contributed by atoms with van der Waals surface area (Å²) in [5, 5.41) is 10.8. The van der Waals surface area contributed by atoms with Gasteiger partial charge in [-0.15, -0.1) is 0 Å². The van der Waals surface area contributed by atoms with Crippen LogP contribution in [0.25, 0.3) is 11.0 Å². The zero-order valence-corrected chi connectivity index (χ0v) is 13.2. The van der Waals surface area contributed by atoms with Gasteiger partial charge in [-0.05, 0) is 18.2 Å². The smallest absolute Gasteiger partial charge is 0.273 e. The number of amides is 1. The summed E-state index contributed by atoms with van der Waals surface area (Å²) in [6.45, 7) is 1.01. The van der Waals surface area contributed by atoms with E-state index in [-0.39, 0.29) is 24.0 Å². The van der Waals surface area contributed by atoms with Crippen molar-refractivity contribution in [1.29, 1.82) is 0 Å². The molecule has 0 bridgehead atoms. The molecule has 2 heterocycles. The second kappa shape index (κ2) is 5.90. The van der Waals surface area contributed by atoms with Crippen molar-refractivity contribution >= 4 is 28.6 Å². The molecule has 1 aliphatic heterocycles. The van der Waals surface area contributed by atoms with Crippen molar-refractivity contribution in [1.82, 2.24) is 9.55 Å². The zero-order valence-electron chi connectivity index (χ0n) is 13.2. The number of nitro groups is 1. The van der Waals surface area contributed by atoms with Crippen LogP contribution in [0.15, 0.2) is 48.5 Å². The average Bonchev–Trinajstić information content (AvgIpc) is 3.19. The number of carbonyl (C=O) groups is 1. The maximum atomic E-state index is 12.5. The summed E-state index contributed by atoms with van der Waals surface area (Å²) >= 11 is 0. The number of imidazole rings is 1. The number of nitrogens with zero attached hydrogens (tertiary/aromatic N) is 4. The lowest BCUT2D eigenvalue weighted by atomic mass is 10.3. The van der Waals surface area contributed by atoms with Crippen LogP contribution in [0.3, 0.4) is 0 Å². The van der Waals surface area contributed by atoms with Gasteiger partial charge in [-0.3, -0.25) is 19.8 Å². The van der Waals surface area contributed by atoms with E-state index in [0.717, 1.165) is 11.0 Å². The molecular formula is C17H14N4O4. The number of hydrogen-bond acceptors (Lipinski definition) is 5. The van der Waals surface area contributed by atoms with Gasteiger partial charge in [0.05, 0.1) is 22.0 Å². The normalized spacial score (nSPS) is 13.0. The van der Waals surface area contributed by atoms with Crippen molar-refractivity contribution in [3.8, 4) is 5.75 Å².